The number of carbonyl (C=O) groups excluding carboxylic acids is 1. The minimum Gasteiger partial charge on any atom is -0.320 e. The first-order valence-corrected chi connectivity index (χ1v) is 8.16. The Morgan fingerprint density at radius 2 is 2.15 bits per heavy atom. The third kappa shape index (κ3) is 2.70. The van der Waals surface area contributed by atoms with E-state index >= 15 is 0 Å². The molecule has 0 aliphatic rings. The zero-order valence-corrected chi connectivity index (χ0v) is 14.8. The highest BCUT2D eigenvalue weighted by Gasteiger charge is 2.16. The summed E-state index contributed by atoms with van der Waals surface area (Å²) in [6.07, 6.45) is 4.44. The zero-order chi connectivity index (χ0) is 18.3. The van der Waals surface area contributed by atoms with Gasteiger partial charge in [0.05, 0.1) is 22.0 Å². The molecular formula is C17H14ClN7O. The van der Waals surface area contributed by atoms with Crippen LogP contribution in [-0.2, 0) is 7.05 Å². The molecule has 3 aromatic heterocycles. The molecule has 26 heavy (non-hydrogen) atoms. The Kier molecular flexibility index (Phi) is 3.89. The van der Waals surface area contributed by atoms with Gasteiger partial charge in [0.1, 0.15) is 18.3 Å². The topological polar surface area (TPSA) is 90.5 Å². The van der Waals surface area contributed by atoms with Crippen molar-refractivity contribution in [2.75, 3.05) is 5.32 Å². The van der Waals surface area contributed by atoms with Crippen molar-refractivity contribution in [2.45, 2.75) is 6.92 Å². The van der Waals surface area contributed by atoms with Crippen LogP contribution >= 0.6 is 11.6 Å². The number of halogens is 1. The van der Waals surface area contributed by atoms with Gasteiger partial charge in [0, 0.05) is 18.6 Å². The standard InChI is InChI=1S/C17H14ClN7O/c1-10-12-6-11(7-20-16(12)24(2)23-10)17(26)22-14-5-3-4-13(18)15(14)25-9-19-8-21-25/h3-9H,1-2H3,(H,22,26). The van der Waals surface area contributed by atoms with Gasteiger partial charge in [-0.1, -0.05) is 17.7 Å². The number of aromatic nitrogens is 6. The number of carbonyl (C=O) groups is 1. The van der Waals surface area contributed by atoms with Gasteiger partial charge >= 0.3 is 0 Å². The predicted octanol–water partition coefficient (Wildman–Crippen LogP) is 2.76. The Labute approximate surface area is 153 Å². The molecule has 0 aliphatic heterocycles. The summed E-state index contributed by atoms with van der Waals surface area (Å²) in [5, 5.41) is 12.6. The molecule has 0 radical (unpaired) electrons. The monoisotopic (exact) mass is 367 g/mol. The normalized spacial score (nSPS) is 11.0. The van der Waals surface area contributed by atoms with Crippen molar-refractivity contribution in [2.24, 2.45) is 7.05 Å². The van der Waals surface area contributed by atoms with E-state index in [0.717, 1.165) is 16.7 Å². The lowest BCUT2D eigenvalue weighted by Crippen LogP contribution is -2.14. The number of rotatable bonds is 3. The van der Waals surface area contributed by atoms with E-state index in [1.807, 2.05) is 14.0 Å². The summed E-state index contributed by atoms with van der Waals surface area (Å²) in [7, 11) is 1.82. The Hall–Kier alpha value is -3.26. The first-order valence-electron chi connectivity index (χ1n) is 7.79. The first-order chi connectivity index (χ1) is 12.5. The number of benzene rings is 1. The third-order valence-electron chi connectivity index (χ3n) is 4.01. The highest BCUT2D eigenvalue weighted by atomic mass is 35.5. The molecule has 1 amide bonds. The molecule has 4 rings (SSSR count). The van der Waals surface area contributed by atoms with E-state index < -0.39 is 0 Å². The van der Waals surface area contributed by atoms with Crippen molar-refractivity contribution in [3.63, 3.8) is 0 Å². The van der Waals surface area contributed by atoms with Crippen LogP contribution < -0.4 is 5.32 Å². The molecule has 0 fully saturated rings. The van der Waals surface area contributed by atoms with Crippen LogP contribution in [0.15, 0.2) is 43.1 Å². The van der Waals surface area contributed by atoms with E-state index in [2.05, 4.69) is 25.5 Å². The molecule has 8 nitrogen and oxygen atoms in total. The molecule has 1 N–H and O–H groups in total. The molecule has 9 heteroatoms. The number of aryl methyl sites for hydroxylation is 2. The fourth-order valence-electron chi connectivity index (χ4n) is 2.80. The van der Waals surface area contributed by atoms with Crippen LogP contribution in [0.2, 0.25) is 5.02 Å². The molecule has 0 atom stereocenters. The largest absolute Gasteiger partial charge is 0.320 e. The van der Waals surface area contributed by atoms with Gasteiger partial charge in [0.25, 0.3) is 5.91 Å². The lowest BCUT2D eigenvalue weighted by Gasteiger charge is -2.12. The van der Waals surface area contributed by atoms with E-state index in [9.17, 15) is 4.79 Å². The summed E-state index contributed by atoms with van der Waals surface area (Å²) in [6, 6.07) is 7.01. The molecule has 1 aromatic carbocycles. The lowest BCUT2D eigenvalue weighted by molar-refractivity contribution is 0.102. The number of fused-ring (bicyclic) bond motifs is 1. The minimum absolute atomic E-state index is 0.300. The van der Waals surface area contributed by atoms with Crippen molar-refractivity contribution >= 4 is 34.2 Å². The minimum atomic E-state index is -0.300. The number of anilines is 1. The van der Waals surface area contributed by atoms with Crippen LogP contribution in [0.1, 0.15) is 16.1 Å². The predicted molar refractivity (Wildman–Crippen MR) is 97.6 cm³/mol. The Bertz CT molecular complexity index is 1120. The van der Waals surface area contributed by atoms with E-state index in [0.29, 0.717) is 22.0 Å². The average molecular weight is 368 g/mol. The maximum Gasteiger partial charge on any atom is 0.257 e. The summed E-state index contributed by atoms with van der Waals surface area (Å²) < 4.78 is 3.19. The second kappa shape index (κ2) is 6.23. The number of para-hydroxylation sites is 1. The molecule has 0 aliphatic carbocycles. The SMILES string of the molecule is Cc1nn(C)c2ncc(C(=O)Nc3cccc(Cl)c3-n3cncn3)cc12. The summed E-state index contributed by atoms with van der Waals surface area (Å²) >= 11 is 6.29. The molecular weight excluding hydrogens is 354 g/mol. The molecule has 0 saturated heterocycles. The van der Waals surface area contributed by atoms with Gasteiger partial charge in [-0.15, -0.1) is 0 Å². The van der Waals surface area contributed by atoms with Crippen LogP contribution in [0.5, 0.6) is 0 Å². The third-order valence-corrected chi connectivity index (χ3v) is 4.31. The van der Waals surface area contributed by atoms with Crippen molar-refractivity contribution < 1.29 is 4.79 Å². The van der Waals surface area contributed by atoms with E-state index in [1.165, 1.54) is 23.5 Å². The number of hydrogen-bond acceptors (Lipinski definition) is 5. The van der Waals surface area contributed by atoms with Gasteiger partial charge in [0.2, 0.25) is 0 Å². The van der Waals surface area contributed by atoms with Gasteiger partial charge in [-0.2, -0.15) is 10.2 Å². The van der Waals surface area contributed by atoms with Crippen LogP contribution in [-0.4, -0.2) is 35.4 Å². The molecule has 0 spiro atoms. The summed E-state index contributed by atoms with van der Waals surface area (Å²) in [5.41, 5.74) is 3.04. The molecule has 4 aromatic rings. The summed E-state index contributed by atoms with van der Waals surface area (Å²) in [6.45, 7) is 1.88. The molecule has 0 unspecified atom stereocenters. The fourth-order valence-corrected chi connectivity index (χ4v) is 3.06. The highest BCUT2D eigenvalue weighted by Crippen LogP contribution is 2.28. The maximum atomic E-state index is 12.7. The smallest absolute Gasteiger partial charge is 0.257 e. The van der Waals surface area contributed by atoms with E-state index in [-0.39, 0.29) is 5.91 Å². The highest BCUT2D eigenvalue weighted by molar-refractivity contribution is 6.33. The Balaban J connectivity index is 1.71. The number of amides is 1. The molecule has 3 heterocycles. The van der Waals surface area contributed by atoms with Gasteiger partial charge in [-0.25, -0.2) is 14.6 Å². The second-order valence-electron chi connectivity index (χ2n) is 5.73. The van der Waals surface area contributed by atoms with Crippen molar-refractivity contribution in [1.29, 1.82) is 0 Å². The van der Waals surface area contributed by atoms with Crippen LogP contribution in [0.25, 0.3) is 16.7 Å². The molecule has 0 bridgehead atoms. The Morgan fingerprint density at radius 1 is 1.31 bits per heavy atom. The molecule has 130 valence electrons. The Morgan fingerprint density at radius 3 is 2.92 bits per heavy atom. The average Bonchev–Trinajstić information content (AvgIpc) is 3.24. The summed E-state index contributed by atoms with van der Waals surface area (Å²) in [5.74, 6) is -0.300. The van der Waals surface area contributed by atoms with Gasteiger partial charge in [0.15, 0.2) is 5.65 Å². The van der Waals surface area contributed by atoms with Gasteiger partial charge < -0.3 is 5.32 Å². The first kappa shape index (κ1) is 16.2. The van der Waals surface area contributed by atoms with Crippen molar-refractivity contribution in [3.05, 3.63) is 59.4 Å². The summed E-state index contributed by atoms with van der Waals surface area (Å²) in [4.78, 5) is 21.0. The van der Waals surface area contributed by atoms with Crippen LogP contribution in [0, 0.1) is 6.92 Å². The lowest BCUT2D eigenvalue weighted by atomic mass is 10.2. The van der Waals surface area contributed by atoms with E-state index in [4.69, 9.17) is 11.6 Å². The second-order valence-corrected chi connectivity index (χ2v) is 6.14. The van der Waals surface area contributed by atoms with Gasteiger partial charge in [-0.3, -0.25) is 9.48 Å². The molecule has 0 saturated carbocycles. The zero-order valence-electron chi connectivity index (χ0n) is 14.0. The van der Waals surface area contributed by atoms with Crippen molar-refractivity contribution in [1.82, 2.24) is 29.5 Å². The number of nitrogens with one attached hydrogen (secondary N) is 1. The number of hydrogen-bond donors (Lipinski definition) is 1. The quantitative estimate of drug-likeness (QED) is 0.601. The maximum absolute atomic E-state index is 12.7. The van der Waals surface area contributed by atoms with Gasteiger partial charge in [-0.05, 0) is 25.1 Å². The number of pyridine rings is 1. The fraction of sp³-hybridized carbons (Fsp3) is 0.118. The van der Waals surface area contributed by atoms with Crippen LogP contribution in [0.4, 0.5) is 5.69 Å². The van der Waals surface area contributed by atoms with Crippen LogP contribution in [0.3, 0.4) is 0 Å². The van der Waals surface area contributed by atoms with Crippen molar-refractivity contribution in [3.8, 4) is 5.69 Å². The van der Waals surface area contributed by atoms with E-state index in [1.54, 1.807) is 28.9 Å². The number of nitrogens with zero attached hydrogens (tertiary/aromatic N) is 6.